The van der Waals surface area contributed by atoms with Crippen molar-refractivity contribution in [1.29, 1.82) is 0 Å². The molecule has 30 heavy (non-hydrogen) atoms. The van der Waals surface area contributed by atoms with Crippen LogP contribution in [-0.2, 0) is 15.6 Å². The molecule has 1 aliphatic heterocycles. The van der Waals surface area contributed by atoms with Gasteiger partial charge in [0.1, 0.15) is 0 Å². The number of fused-ring (bicyclic) bond motifs is 1. The number of rotatable bonds is 3. The van der Waals surface area contributed by atoms with E-state index in [1.54, 1.807) is 0 Å². The van der Waals surface area contributed by atoms with Crippen molar-refractivity contribution in [2.24, 2.45) is 0 Å². The number of aromatic nitrogens is 4. The Balaban J connectivity index is 1.32. The summed E-state index contributed by atoms with van der Waals surface area (Å²) in [7, 11) is 0. The Morgan fingerprint density at radius 2 is 1.70 bits per heavy atom. The van der Waals surface area contributed by atoms with E-state index in [0.717, 1.165) is 55.9 Å². The standard InChI is InChI=1S/C24H29N5O/c1-23(2,3)19-9-10-20-25-26-21(29(20)27-19)17-11-15-28(16-12-17)22(30)24(13-14-24)18-7-5-4-6-8-18/h4-10,17H,11-16H2,1-3H3. The van der Waals surface area contributed by atoms with Crippen molar-refractivity contribution in [3.8, 4) is 0 Å². The molecule has 6 heteroatoms. The predicted octanol–water partition coefficient (Wildman–Crippen LogP) is 3.86. The quantitative estimate of drug-likeness (QED) is 0.666. The summed E-state index contributed by atoms with van der Waals surface area (Å²) in [5.41, 5.74) is 2.68. The lowest BCUT2D eigenvalue weighted by Crippen LogP contribution is -2.43. The molecule has 1 aromatic carbocycles. The van der Waals surface area contributed by atoms with E-state index >= 15 is 0 Å². The normalized spacial score (nSPS) is 19.2. The minimum Gasteiger partial charge on any atom is -0.342 e. The molecule has 0 atom stereocenters. The summed E-state index contributed by atoms with van der Waals surface area (Å²) in [5.74, 6) is 1.50. The van der Waals surface area contributed by atoms with Crippen molar-refractivity contribution < 1.29 is 4.79 Å². The van der Waals surface area contributed by atoms with Gasteiger partial charge in [0.15, 0.2) is 11.5 Å². The molecule has 1 amide bonds. The smallest absolute Gasteiger partial charge is 0.233 e. The maximum absolute atomic E-state index is 13.3. The molecule has 156 valence electrons. The van der Waals surface area contributed by atoms with Gasteiger partial charge in [-0.25, -0.2) is 0 Å². The molecule has 0 unspecified atom stereocenters. The van der Waals surface area contributed by atoms with Crippen LogP contribution in [0.3, 0.4) is 0 Å². The third-order valence-corrected chi connectivity index (χ3v) is 6.69. The Hall–Kier alpha value is -2.76. The van der Waals surface area contributed by atoms with Crippen LogP contribution in [0.1, 0.15) is 69.5 Å². The second-order valence-electron chi connectivity index (χ2n) is 9.81. The number of likely N-dealkylation sites (tertiary alicyclic amines) is 1. The first kappa shape index (κ1) is 19.2. The molecule has 2 aliphatic rings. The first-order chi connectivity index (χ1) is 14.4. The van der Waals surface area contributed by atoms with E-state index in [4.69, 9.17) is 5.10 Å². The second-order valence-corrected chi connectivity index (χ2v) is 9.81. The average Bonchev–Trinajstić information content (AvgIpc) is 3.46. The Labute approximate surface area is 177 Å². The lowest BCUT2D eigenvalue weighted by atomic mass is 9.91. The second kappa shape index (κ2) is 6.89. The predicted molar refractivity (Wildman–Crippen MR) is 115 cm³/mol. The molecule has 0 bridgehead atoms. The van der Waals surface area contributed by atoms with Gasteiger partial charge in [-0.3, -0.25) is 4.79 Å². The highest BCUT2D eigenvalue weighted by molar-refractivity contribution is 5.91. The summed E-state index contributed by atoms with van der Waals surface area (Å²) in [6.07, 6.45) is 3.73. The van der Waals surface area contributed by atoms with Gasteiger partial charge in [0.2, 0.25) is 5.91 Å². The van der Waals surface area contributed by atoms with Crippen LogP contribution >= 0.6 is 0 Å². The maximum Gasteiger partial charge on any atom is 0.233 e. The van der Waals surface area contributed by atoms with Crippen LogP contribution in [-0.4, -0.2) is 43.7 Å². The number of carbonyl (C=O) groups is 1. The lowest BCUT2D eigenvalue weighted by molar-refractivity contribution is -0.135. The number of hydrogen-bond donors (Lipinski definition) is 0. The molecular formula is C24H29N5O. The molecule has 0 radical (unpaired) electrons. The van der Waals surface area contributed by atoms with Crippen LogP contribution in [0.25, 0.3) is 5.65 Å². The Morgan fingerprint density at radius 1 is 1.00 bits per heavy atom. The van der Waals surface area contributed by atoms with Crippen molar-refractivity contribution in [3.05, 3.63) is 59.5 Å². The highest BCUT2D eigenvalue weighted by atomic mass is 16.2. The van der Waals surface area contributed by atoms with E-state index in [1.807, 2.05) is 34.8 Å². The fourth-order valence-corrected chi connectivity index (χ4v) is 4.61. The number of benzene rings is 1. The van der Waals surface area contributed by atoms with E-state index in [0.29, 0.717) is 5.91 Å². The van der Waals surface area contributed by atoms with Crippen LogP contribution in [0.4, 0.5) is 0 Å². The fourth-order valence-electron chi connectivity index (χ4n) is 4.61. The highest BCUT2D eigenvalue weighted by Gasteiger charge is 2.53. The lowest BCUT2D eigenvalue weighted by Gasteiger charge is -2.34. The Morgan fingerprint density at radius 3 is 2.33 bits per heavy atom. The van der Waals surface area contributed by atoms with Gasteiger partial charge in [0.05, 0.1) is 11.1 Å². The van der Waals surface area contributed by atoms with Gasteiger partial charge in [0, 0.05) is 24.4 Å². The SMILES string of the molecule is CC(C)(C)c1ccc2nnc(C3CCN(C(=O)C4(c5ccccc5)CC4)CC3)n2n1. The number of carbonyl (C=O) groups excluding carboxylic acids is 1. The minimum absolute atomic E-state index is 0.0263. The average molecular weight is 404 g/mol. The third-order valence-electron chi connectivity index (χ3n) is 6.69. The highest BCUT2D eigenvalue weighted by Crippen LogP contribution is 2.50. The Kier molecular flexibility index (Phi) is 4.42. The van der Waals surface area contributed by atoms with Crippen molar-refractivity contribution in [2.45, 2.75) is 63.2 Å². The summed E-state index contributed by atoms with van der Waals surface area (Å²) in [5, 5.41) is 13.6. The number of amides is 1. The topological polar surface area (TPSA) is 63.4 Å². The van der Waals surface area contributed by atoms with E-state index in [1.165, 1.54) is 5.56 Å². The zero-order valence-corrected chi connectivity index (χ0v) is 18.0. The van der Waals surface area contributed by atoms with Gasteiger partial charge in [-0.15, -0.1) is 10.2 Å². The molecular weight excluding hydrogens is 374 g/mol. The number of hydrogen-bond acceptors (Lipinski definition) is 4. The molecule has 5 rings (SSSR count). The summed E-state index contributed by atoms with van der Waals surface area (Å²) in [6.45, 7) is 8.03. The first-order valence-electron chi connectivity index (χ1n) is 11.0. The molecule has 3 aromatic rings. The van der Waals surface area contributed by atoms with Crippen molar-refractivity contribution in [2.75, 3.05) is 13.1 Å². The number of piperidine rings is 1. The third kappa shape index (κ3) is 3.18. The van der Waals surface area contributed by atoms with Gasteiger partial charge in [-0.2, -0.15) is 9.61 Å². The molecule has 1 saturated heterocycles. The van der Waals surface area contributed by atoms with Gasteiger partial charge in [-0.1, -0.05) is 51.1 Å². The summed E-state index contributed by atoms with van der Waals surface area (Å²) >= 11 is 0. The molecule has 0 spiro atoms. The summed E-state index contributed by atoms with van der Waals surface area (Å²) in [4.78, 5) is 15.4. The van der Waals surface area contributed by atoms with E-state index in [-0.39, 0.29) is 16.7 Å². The maximum atomic E-state index is 13.3. The molecule has 3 heterocycles. The van der Waals surface area contributed by atoms with Gasteiger partial charge < -0.3 is 4.90 Å². The largest absolute Gasteiger partial charge is 0.342 e. The molecule has 2 aromatic heterocycles. The minimum atomic E-state index is -0.279. The zero-order valence-electron chi connectivity index (χ0n) is 18.0. The van der Waals surface area contributed by atoms with E-state index < -0.39 is 0 Å². The van der Waals surface area contributed by atoms with E-state index in [2.05, 4.69) is 48.0 Å². The van der Waals surface area contributed by atoms with Crippen molar-refractivity contribution in [3.63, 3.8) is 0 Å². The van der Waals surface area contributed by atoms with Crippen LogP contribution in [0.2, 0.25) is 0 Å². The molecule has 1 aliphatic carbocycles. The van der Waals surface area contributed by atoms with Gasteiger partial charge in [0.25, 0.3) is 0 Å². The Bertz CT molecular complexity index is 1070. The molecule has 2 fully saturated rings. The number of nitrogens with zero attached hydrogens (tertiary/aromatic N) is 5. The molecule has 1 saturated carbocycles. The van der Waals surface area contributed by atoms with Crippen molar-refractivity contribution in [1.82, 2.24) is 24.7 Å². The van der Waals surface area contributed by atoms with Crippen LogP contribution in [0, 0.1) is 0 Å². The van der Waals surface area contributed by atoms with Crippen LogP contribution < -0.4 is 0 Å². The fraction of sp³-hybridized carbons (Fsp3) is 0.500. The van der Waals surface area contributed by atoms with Gasteiger partial charge >= 0.3 is 0 Å². The zero-order chi connectivity index (χ0) is 20.9. The van der Waals surface area contributed by atoms with E-state index in [9.17, 15) is 4.79 Å². The molecule has 6 nitrogen and oxygen atoms in total. The monoisotopic (exact) mass is 403 g/mol. The van der Waals surface area contributed by atoms with Crippen LogP contribution in [0.5, 0.6) is 0 Å². The summed E-state index contributed by atoms with van der Waals surface area (Å²) < 4.78 is 1.91. The van der Waals surface area contributed by atoms with Crippen LogP contribution in [0.15, 0.2) is 42.5 Å². The first-order valence-corrected chi connectivity index (χ1v) is 11.0. The molecule has 0 N–H and O–H groups in total. The summed E-state index contributed by atoms with van der Waals surface area (Å²) in [6, 6.07) is 14.3. The van der Waals surface area contributed by atoms with Crippen molar-refractivity contribution >= 4 is 11.6 Å². The van der Waals surface area contributed by atoms with Gasteiger partial charge in [-0.05, 0) is 43.4 Å².